The first-order valence-corrected chi connectivity index (χ1v) is 10.5. The van der Waals surface area contributed by atoms with Gasteiger partial charge in [0.05, 0.1) is 19.9 Å². The number of amides is 1. The maximum atomic E-state index is 13.5. The molecule has 0 saturated carbocycles. The van der Waals surface area contributed by atoms with Crippen LogP contribution in [-0.2, 0) is 26.2 Å². The van der Waals surface area contributed by atoms with E-state index < -0.39 is 0 Å². The zero-order valence-electron chi connectivity index (χ0n) is 18.0. The third-order valence-corrected chi connectivity index (χ3v) is 5.46. The number of benzene rings is 2. The molecule has 2 heterocycles. The fourth-order valence-electron chi connectivity index (χ4n) is 3.73. The summed E-state index contributed by atoms with van der Waals surface area (Å²) in [6.45, 7) is 3.49. The number of fused-ring (bicyclic) bond motifs is 1. The third kappa shape index (κ3) is 5.06. The number of hydrogen-bond acceptors (Lipinski definition) is 5. The SMILES string of the molecule is COc1ccc(CN(Cc2ccc(OC)cc2)C(=O)c2cc3n(n2)CCCNC3)cc1. The smallest absolute Gasteiger partial charge is 0.274 e. The van der Waals surface area contributed by atoms with Gasteiger partial charge >= 0.3 is 0 Å². The van der Waals surface area contributed by atoms with Crippen LogP contribution in [0.25, 0.3) is 0 Å². The van der Waals surface area contributed by atoms with Crippen LogP contribution >= 0.6 is 0 Å². The van der Waals surface area contributed by atoms with E-state index in [1.807, 2.05) is 64.2 Å². The molecule has 162 valence electrons. The number of rotatable bonds is 7. The maximum absolute atomic E-state index is 13.5. The highest BCUT2D eigenvalue weighted by atomic mass is 16.5. The Labute approximate surface area is 182 Å². The molecule has 0 aliphatic carbocycles. The molecule has 3 aromatic rings. The van der Waals surface area contributed by atoms with Crippen molar-refractivity contribution in [2.45, 2.75) is 32.6 Å². The van der Waals surface area contributed by atoms with E-state index in [4.69, 9.17) is 9.47 Å². The number of carbonyl (C=O) groups excluding carboxylic acids is 1. The van der Waals surface area contributed by atoms with Crippen LogP contribution in [0.5, 0.6) is 11.5 Å². The summed E-state index contributed by atoms with van der Waals surface area (Å²) in [6, 6.07) is 17.5. The molecule has 0 bridgehead atoms. The lowest BCUT2D eigenvalue weighted by Crippen LogP contribution is -2.30. The highest BCUT2D eigenvalue weighted by Gasteiger charge is 2.22. The summed E-state index contributed by atoms with van der Waals surface area (Å²) in [7, 11) is 3.29. The average Bonchev–Trinajstić information content (AvgIpc) is 3.09. The second-order valence-corrected chi connectivity index (χ2v) is 7.63. The minimum absolute atomic E-state index is 0.0767. The number of nitrogens with one attached hydrogen (secondary N) is 1. The second kappa shape index (κ2) is 9.66. The summed E-state index contributed by atoms with van der Waals surface area (Å²) in [5.74, 6) is 1.51. The van der Waals surface area contributed by atoms with E-state index in [1.165, 1.54) is 0 Å². The molecule has 31 heavy (non-hydrogen) atoms. The first-order chi connectivity index (χ1) is 15.2. The van der Waals surface area contributed by atoms with Gasteiger partial charge < -0.3 is 19.7 Å². The maximum Gasteiger partial charge on any atom is 0.274 e. The molecular formula is C24H28N4O3. The summed E-state index contributed by atoms with van der Waals surface area (Å²) in [6.07, 6.45) is 1.00. The van der Waals surface area contributed by atoms with Crippen LogP contribution in [-0.4, -0.2) is 41.4 Å². The van der Waals surface area contributed by atoms with Crippen molar-refractivity contribution in [1.29, 1.82) is 0 Å². The van der Waals surface area contributed by atoms with Gasteiger partial charge in [0.2, 0.25) is 0 Å². The highest BCUT2D eigenvalue weighted by Crippen LogP contribution is 2.19. The lowest BCUT2D eigenvalue weighted by molar-refractivity contribution is 0.0723. The zero-order valence-corrected chi connectivity index (χ0v) is 18.0. The van der Waals surface area contributed by atoms with Gasteiger partial charge in [-0.25, -0.2) is 0 Å². The molecule has 0 unspecified atom stereocenters. The molecule has 2 aromatic carbocycles. The number of hydrogen-bond donors (Lipinski definition) is 1. The van der Waals surface area contributed by atoms with Gasteiger partial charge in [0.25, 0.3) is 5.91 Å². The highest BCUT2D eigenvalue weighted by molar-refractivity contribution is 5.92. The Hall–Kier alpha value is -3.32. The van der Waals surface area contributed by atoms with E-state index in [2.05, 4.69) is 10.4 Å². The molecular weight excluding hydrogens is 392 g/mol. The van der Waals surface area contributed by atoms with E-state index in [9.17, 15) is 4.79 Å². The van der Waals surface area contributed by atoms with Gasteiger partial charge in [0.1, 0.15) is 11.5 Å². The van der Waals surface area contributed by atoms with Crippen LogP contribution < -0.4 is 14.8 Å². The standard InChI is InChI=1S/C24H28N4O3/c1-30-21-8-4-18(5-9-21)16-27(17-19-6-10-22(31-2)11-7-19)24(29)23-14-20-15-25-12-3-13-28(20)26-23/h4-11,14,25H,3,12-13,15-17H2,1-2H3. The van der Waals surface area contributed by atoms with E-state index in [0.29, 0.717) is 18.8 Å². The monoisotopic (exact) mass is 420 g/mol. The quantitative estimate of drug-likeness (QED) is 0.636. The Morgan fingerprint density at radius 3 is 2.13 bits per heavy atom. The fourth-order valence-corrected chi connectivity index (χ4v) is 3.73. The number of methoxy groups -OCH3 is 2. The van der Waals surface area contributed by atoms with Crippen LogP contribution in [0, 0.1) is 0 Å². The normalized spacial score (nSPS) is 13.2. The summed E-state index contributed by atoms with van der Waals surface area (Å²) in [5.41, 5.74) is 3.60. The zero-order chi connectivity index (χ0) is 21.6. The summed E-state index contributed by atoms with van der Waals surface area (Å²) < 4.78 is 12.5. The Morgan fingerprint density at radius 2 is 1.58 bits per heavy atom. The Morgan fingerprint density at radius 1 is 1.00 bits per heavy atom. The van der Waals surface area contributed by atoms with Crippen molar-refractivity contribution in [3.8, 4) is 11.5 Å². The van der Waals surface area contributed by atoms with Crippen LogP contribution in [0.1, 0.15) is 33.7 Å². The predicted molar refractivity (Wildman–Crippen MR) is 118 cm³/mol. The van der Waals surface area contributed by atoms with Gasteiger partial charge in [-0.3, -0.25) is 9.48 Å². The average molecular weight is 421 g/mol. The molecule has 4 rings (SSSR count). The van der Waals surface area contributed by atoms with Crippen LogP contribution in [0.2, 0.25) is 0 Å². The molecule has 1 aliphatic heterocycles. The van der Waals surface area contributed by atoms with E-state index in [-0.39, 0.29) is 5.91 Å². The lowest BCUT2D eigenvalue weighted by Gasteiger charge is -2.22. The predicted octanol–water partition coefficient (Wildman–Crippen LogP) is 3.24. The van der Waals surface area contributed by atoms with Crippen molar-refractivity contribution < 1.29 is 14.3 Å². The van der Waals surface area contributed by atoms with E-state index >= 15 is 0 Å². The van der Waals surface area contributed by atoms with Crippen molar-refractivity contribution in [1.82, 2.24) is 20.0 Å². The van der Waals surface area contributed by atoms with Gasteiger partial charge in [-0.2, -0.15) is 5.10 Å². The van der Waals surface area contributed by atoms with Gasteiger partial charge in [0, 0.05) is 26.2 Å². The summed E-state index contributed by atoms with van der Waals surface area (Å²) in [4.78, 5) is 15.3. The van der Waals surface area contributed by atoms with Crippen LogP contribution in [0.3, 0.4) is 0 Å². The van der Waals surface area contributed by atoms with Crippen molar-refractivity contribution in [3.63, 3.8) is 0 Å². The lowest BCUT2D eigenvalue weighted by atomic mass is 10.1. The van der Waals surface area contributed by atoms with Gasteiger partial charge in [-0.1, -0.05) is 24.3 Å². The molecule has 0 atom stereocenters. The number of aromatic nitrogens is 2. The van der Waals surface area contributed by atoms with E-state index in [1.54, 1.807) is 14.2 Å². The van der Waals surface area contributed by atoms with Gasteiger partial charge in [0.15, 0.2) is 5.69 Å². The van der Waals surface area contributed by atoms with Crippen molar-refractivity contribution in [2.75, 3.05) is 20.8 Å². The minimum atomic E-state index is -0.0767. The Kier molecular flexibility index (Phi) is 6.52. The number of carbonyl (C=O) groups is 1. The number of nitrogens with zero attached hydrogens (tertiary/aromatic N) is 3. The molecule has 7 nitrogen and oxygen atoms in total. The molecule has 7 heteroatoms. The molecule has 1 aliphatic rings. The second-order valence-electron chi connectivity index (χ2n) is 7.63. The minimum Gasteiger partial charge on any atom is -0.497 e. The molecule has 0 radical (unpaired) electrons. The fraction of sp³-hybridized carbons (Fsp3) is 0.333. The van der Waals surface area contributed by atoms with Crippen molar-refractivity contribution >= 4 is 5.91 Å². The number of ether oxygens (including phenoxy) is 2. The molecule has 1 amide bonds. The molecule has 0 fully saturated rings. The molecule has 0 spiro atoms. The van der Waals surface area contributed by atoms with Crippen molar-refractivity contribution in [3.05, 3.63) is 77.1 Å². The summed E-state index contributed by atoms with van der Waals surface area (Å²) >= 11 is 0. The molecule has 1 aromatic heterocycles. The van der Waals surface area contributed by atoms with E-state index in [0.717, 1.165) is 54.4 Å². The Balaban J connectivity index is 1.59. The third-order valence-electron chi connectivity index (χ3n) is 5.46. The number of aryl methyl sites for hydroxylation is 1. The van der Waals surface area contributed by atoms with Crippen LogP contribution in [0.15, 0.2) is 54.6 Å². The topological polar surface area (TPSA) is 68.6 Å². The largest absolute Gasteiger partial charge is 0.497 e. The molecule has 1 N–H and O–H groups in total. The first kappa shape index (κ1) is 20.9. The molecule has 0 saturated heterocycles. The van der Waals surface area contributed by atoms with Crippen LogP contribution in [0.4, 0.5) is 0 Å². The van der Waals surface area contributed by atoms with Gasteiger partial charge in [-0.15, -0.1) is 0 Å². The van der Waals surface area contributed by atoms with Gasteiger partial charge in [-0.05, 0) is 54.4 Å². The summed E-state index contributed by atoms with van der Waals surface area (Å²) in [5, 5.41) is 7.99. The van der Waals surface area contributed by atoms with Crippen molar-refractivity contribution in [2.24, 2.45) is 0 Å². The Bertz CT molecular complexity index is 939. The first-order valence-electron chi connectivity index (χ1n) is 10.5.